The van der Waals surface area contributed by atoms with Crippen molar-refractivity contribution >= 4 is 44.6 Å². The number of rotatable bonds is 5. The number of aromatic nitrogens is 3. The van der Waals surface area contributed by atoms with Crippen molar-refractivity contribution in [3.05, 3.63) is 80.7 Å². The Bertz CT molecular complexity index is 1180. The average Bonchev–Trinajstić information content (AvgIpc) is 3.48. The number of halogens is 1. The van der Waals surface area contributed by atoms with Gasteiger partial charge in [-0.1, -0.05) is 36.4 Å². The molecule has 0 aliphatic carbocycles. The molecule has 0 bridgehead atoms. The Morgan fingerprint density at radius 2 is 1.94 bits per heavy atom. The Balaban J connectivity index is 1.38. The number of benzene rings is 1. The fourth-order valence-corrected chi connectivity index (χ4v) is 5.13. The number of hydrogen-bond acceptors (Lipinski definition) is 5. The molecule has 0 saturated carbocycles. The van der Waals surface area contributed by atoms with Crippen LogP contribution in [-0.2, 0) is 6.54 Å². The van der Waals surface area contributed by atoms with Gasteiger partial charge in [-0.3, -0.25) is 4.79 Å². The summed E-state index contributed by atoms with van der Waals surface area (Å²) in [5.74, 6) is 1.19. The lowest BCUT2D eigenvalue weighted by molar-refractivity contribution is 0.0713. The number of carbonyl (C=O) groups excluding carboxylic acids is 1. The highest BCUT2D eigenvalue weighted by Crippen LogP contribution is 2.30. The van der Waals surface area contributed by atoms with Crippen molar-refractivity contribution in [1.82, 2.24) is 19.5 Å². The predicted molar refractivity (Wildman–Crippen MR) is 127 cm³/mol. The van der Waals surface area contributed by atoms with Gasteiger partial charge in [0.1, 0.15) is 11.4 Å². The molecule has 4 aromatic rings. The molecule has 0 spiro atoms. The van der Waals surface area contributed by atoms with E-state index in [1.807, 2.05) is 22.4 Å². The normalized spacial score (nSPS) is 14.8. The molecule has 8 heteroatoms. The number of carbonyl (C=O) groups is 1. The summed E-state index contributed by atoms with van der Waals surface area (Å²) in [5.41, 5.74) is 2.60. The van der Waals surface area contributed by atoms with Crippen LogP contribution in [0, 0.1) is 0 Å². The van der Waals surface area contributed by atoms with Gasteiger partial charge in [-0.05, 0) is 51.7 Å². The van der Waals surface area contributed by atoms with Crippen LogP contribution < -0.4 is 5.32 Å². The summed E-state index contributed by atoms with van der Waals surface area (Å²) in [5, 5.41) is 9.91. The summed E-state index contributed by atoms with van der Waals surface area (Å²) in [6.45, 7) is 2.11. The van der Waals surface area contributed by atoms with Crippen LogP contribution in [-0.4, -0.2) is 38.5 Å². The van der Waals surface area contributed by atoms with E-state index in [0.29, 0.717) is 29.5 Å². The molecule has 1 aliphatic rings. The van der Waals surface area contributed by atoms with E-state index in [0.717, 1.165) is 30.4 Å². The maximum Gasteiger partial charge on any atom is 0.259 e. The van der Waals surface area contributed by atoms with Gasteiger partial charge in [0.15, 0.2) is 5.65 Å². The molecule has 1 amide bonds. The van der Waals surface area contributed by atoms with Crippen molar-refractivity contribution in [2.45, 2.75) is 25.3 Å². The van der Waals surface area contributed by atoms with Gasteiger partial charge in [-0.25, -0.2) is 4.98 Å². The first-order valence-electron chi connectivity index (χ1n) is 10.3. The first kappa shape index (κ1) is 20.2. The third kappa shape index (κ3) is 4.09. The number of likely N-dealkylation sites (tertiary alicyclic amines) is 1. The lowest BCUT2D eigenvalue weighted by Gasteiger charge is -2.32. The highest BCUT2D eigenvalue weighted by Gasteiger charge is 2.27. The zero-order valence-corrected chi connectivity index (χ0v) is 19.3. The molecule has 31 heavy (non-hydrogen) atoms. The molecular formula is C23H22BrN5OS. The van der Waals surface area contributed by atoms with Crippen LogP contribution in [0.15, 0.2) is 64.7 Å². The van der Waals surface area contributed by atoms with E-state index in [2.05, 4.69) is 61.7 Å². The average molecular weight is 496 g/mol. The fourth-order valence-electron chi connectivity index (χ4n) is 4.13. The summed E-state index contributed by atoms with van der Waals surface area (Å²) >= 11 is 5.17. The number of thiophene rings is 1. The summed E-state index contributed by atoms with van der Waals surface area (Å²) < 4.78 is 2.51. The van der Waals surface area contributed by atoms with Crippen LogP contribution in [0.25, 0.3) is 5.65 Å². The van der Waals surface area contributed by atoms with Gasteiger partial charge in [-0.15, -0.1) is 11.3 Å². The highest BCUT2D eigenvalue weighted by atomic mass is 79.9. The summed E-state index contributed by atoms with van der Waals surface area (Å²) in [6.07, 6.45) is 5.32. The molecule has 1 aromatic carbocycles. The largest absolute Gasteiger partial charge is 0.364 e. The smallest absolute Gasteiger partial charge is 0.259 e. The minimum atomic E-state index is 0.00112. The summed E-state index contributed by atoms with van der Waals surface area (Å²) in [4.78, 5) is 21.1. The first-order chi connectivity index (χ1) is 15.2. The molecule has 3 aromatic heterocycles. The molecule has 0 radical (unpaired) electrons. The van der Waals surface area contributed by atoms with Crippen molar-refractivity contribution in [2.75, 3.05) is 18.4 Å². The van der Waals surface area contributed by atoms with Crippen LogP contribution in [0.5, 0.6) is 0 Å². The second kappa shape index (κ2) is 8.80. The van der Waals surface area contributed by atoms with Crippen LogP contribution in [0.3, 0.4) is 0 Å². The van der Waals surface area contributed by atoms with E-state index in [-0.39, 0.29) is 5.91 Å². The lowest BCUT2D eigenvalue weighted by atomic mass is 9.89. The van der Waals surface area contributed by atoms with E-state index in [1.165, 1.54) is 10.4 Å². The third-order valence-electron chi connectivity index (χ3n) is 5.78. The number of anilines is 1. The zero-order valence-electron chi connectivity index (χ0n) is 16.9. The van der Waals surface area contributed by atoms with Crippen LogP contribution in [0.1, 0.15) is 39.6 Å². The fraction of sp³-hybridized carbons (Fsp3) is 0.261. The molecule has 0 unspecified atom stereocenters. The molecule has 1 fully saturated rings. The highest BCUT2D eigenvalue weighted by molar-refractivity contribution is 9.10. The molecule has 1 N–H and O–H groups in total. The van der Waals surface area contributed by atoms with Crippen molar-refractivity contribution in [3.8, 4) is 0 Å². The standard InChI is InChI=1S/C23H22BrN5OS/c24-20-15-27-29-21(25-13-18-7-4-12-31-18)19(14-26-22(20)29)23(30)28-10-8-17(9-11-28)16-5-2-1-3-6-16/h1-7,12,14-15,17,25H,8-11,13H2. The first-order valence-corrected chi connectivity index (χ1v) is 12.0. The quantitative estimate of drug-likeness (QED) is 0.414. The Hall–Kier alpha value is -2.71. The summed E-state index contributed by atoms with van der Waals surface area (Å²) in [6, 6.07) is 14.7. The zero-order chi connectivity index (χ0) is 21.2. The molecule has 5 rings (SSSR count). The van der Waals surface area contributed by atoms with Crippen LogP contribution in [0.2, 0.25) is 0 Å². The lowest BCUT2D eigenvalue weighted by Crippen LogP contribution is -2.38. The van der Waals surface area contributed by atoms with Crippen molar-refractivity contribution < 1.29 is 4.79 Å². The molecular weight excluding hydrogens is 474 g/mol. The Kier molecular flexibility index (Phi) is 5.74. The minimum absolute atomic E-state index is 0.00112. The second-order valence-electron chi connectivity index (χ2n) is 7.66. The number of hydrogen-bond donors (Lipinski definition) is 1. The SMILES string of the molecule is O=C(c1cnc2c(Br)cnn2c1NCc1cccs1)N1CCC(c2ccccc2)CC1. The Morgan fingerprint density at radius 1 is 1.13 bits per heavy atom. The van der Waals surface area contributed by atoms with Crippen molar-refractivity contribution in [2.24, 2.45) is 0 Å². The van der Waals surface area contributed by atoms with E-state index >= 15 is 0 Å². The van der Waals surface area contributed by atoms with Gasteiger partial charge in [0.2, 0.25) is 0 Å². The number of amides is 1. The van der Waals surface area contributed by atoms with Gasteiger partial charge >= 0.3 is 0 Å². The van der Waals surface area contributed by atoms with Crippen molar-refractivity contribution in [3.63, 3.8) is 0 Å². The Morgan fingerprint density at radius 3 is 2.68 bits per heavy atom. The van der Waals surface area contributed by atoms with E-state index in [4.69, 9.17) is 0 Å². The number of fused-ring (bicyclic) bond motifs is 1. The number of nitrogens with zero attached hydrogens (tertiary/aromatic N) is 4. The van der Waals surface area contributed by atoms with Gasteiger partial charge in [-0.2, -0.15) is 9.61 Å². The molecule has 4 heterocycles. The third-order valence-corrected chi connectivity index (χ3v) is 7.21. The topological polar surface area (TPSA) is 62.5 Å². The second-order valence-corrected chi connectivity index (χ2v) is 9.55. The van der Waals surface area contributed by atoms with E-state index in [9.17, 15) is 4.79 Å². The van der Waals surface area contributed by atoms with Gasteiger partial charge in [0.05, 0.1) is 17.2 Å². The maximum absolute atomic E-state index is 13.5. The molecule has 1 aliphatic heterocycles. The van der Waals surface area contributed by atoms with Crippen molar-refractivity contribution in [1.29, 1.82) is 0 Å². The number of piperidine rings is 1. The molecule has 0 atom stereocenters. The summed E-state index contributed by atoms with van der Waals surface area (Å²) in [7, 11) is 0. The van der Waals surface area contributed by atoms with Gasteiger partial charge in [0.25, 0.3) is 5.91 Å². The van der Waals surface area contributed by atoms with Crippen LogP contribution >= 0.6 is 27.3 Å². The van der Waals surface area contributed by atoms with Gasteiger partial charge < -0.3 is 10.2 Å². The predicted octanol–water partition coefficient (Wildman–Crippen LogP) is 5.19. The monoisotopic (exact) mass is 495 g/mol. The molecule has 1 saturated heterocycles. The maximum atomic E-state index is 13.5. The Labute approximate surface area is 193 Å². The van der Waals surface area contributed by atoms with E-state index < -0.39 is 0 Å². The molecule has 6 nitrogen and oxygen atoms in total. The number of nitrogens with one attached hydrogen (secondary N) is 1. The van der Waals surface area contributed by atoms with Gasteiger partial charge in [0, 0.05) is 24.2 Å². The molecule has 158 valence electrons. The minimum Gasteiger partial charge on any atom is -0.364 e. The van der Waals surface area contributed by atoms with Crippen LogP contribution in [0.4, 0.5) is 5.82 Å². The van der Waals surface area contributed by atoms with E-state index in [1.54, 1.807) is 28.2 Å².